The van der Waals surface area contributed by atoms with E-state index in [9.17, 15) is 4.79 Å². The standard InChI is InChI=1S/C20H24N4O3/c1-13(14-4-8-16(26-2)9-5-14)21-24-20(25)19-12-18(22-23-19)15-6-10-17(27-3)11-7-15/h4-11,18-19,22-23H,12H2,1-3H3,(H,24,25)/b21-13+. The number of nitrogens with zero attached hydrogens (tertiary/aromatic N) is 1. The molecule has 1 aliphatic heterocycles. The third kappa shape index (κ3) is 4.64. The molecule has 0 aliphatic carbocycles. The van der Waals surface area contributed by atoms with Gasteiger partial charge in [0.2, 0.25) is 0 Å². The molecule has 1 heterocycles. The molecule has 2 aromatic carbocycles. The summed E-state index contributed by atoms with van der Waals surface area (Å²) in [4.78, 5) is 12.4. The molecule has 0 bridgehead atoms. The van der Waals surface area contributed by atoms with E-state index in [1.165, 1.54) is 0 Å². The van der Waals surface area contributed by atoms with Gasteiger partial charge < -0.3 is 9.47 Å². The lowest BCUT2D eigenvalue weighted by molar-refractivity contribution is -0.122. The fourth-order valence-corrected chi connectivity index (χ4v) is 2.90. The third-order valence-corrected chi connectivity index (χ3v) is 4.58. The van der Waals surface area contributed by atoms with Crippen LogP contribution in [0.15, 0.2) is 53.6 Å². The first-order valence-corrected chi connectivity index (χ1v) is 8.74. The van der Waals surface area contributed by atoms with Crippen molar-refractivity contribution in [2.75, 3.05) is 14.2 Å². The van der Waals surface area contributed by atoms with Crippen LogP contribution in [0.3, 0.4) is 0 Å². The Morgan fingerprint density at radius 3 is 2.19 bits per heavy atom. The highest BCUT2D eigenvalue weighted by Crippen LogP contribution is 2.24. The summed E-state index contributed by atoms with van der Waals surface area (Å²) in [5.74, 6) is 1.41. The number of hydrazine groups is 1. The van der Waals surface area contributed by atoms with E-state index in [4.69, 9.17) is 9.47 Å². The molecule has 0 radical (unpaired) electrons. The molecule has 7 nitrogen and oxygen atoms in total. The van der Waals surface area contributed by atoms with E-state index in [0.717, 1.165) is 28.3 Å². The van der Waals surface area contributed by atoms with Crippen LogP contribution in [-0.4, -0.2) is 31.9 Å². The van der Waals surface area contributed by atoms with Crippen LogP contribution in [0.1, 0.15) is 30.5 Å². The minimum absolute atomic E-state index is 0.0540. The van der Waals surface area contributed by atoms with Crippen molar-refractivity contribution in [2.45, 2.75) is 25.4 Å². The Kier molecular flexibility index (Phi) is 6.05. The monoisotopic (exact) mass is 368 g/mol. The second-order valence-corrected chi connectivity index (χ2v) is 6.30. The van der Waals surface area contributed by atoms with Crippen molar-refractivity contribution in [3.8, 4) is 11.5 Å². The highest BCUT2D eigenvalue weighted by Gasteiger charge is 2.30. The zero-order valence-corrected chi connectivity index (χ0v) is 15.7. The van der Waals surface area contributed by atoms with Crippen LogP contribution >= 0.6 is 0 Å². The van der Waals surface area contributed by atoms with Crippen molar-refractivity contribution >= 4 is 11.6 Å². The van der Waals surface area contributed by atoms with Crippen molar-refractivity contribution in [1.82, 2.24) is 16.3 Å². The number of hydrazone groups is 1. The fourth-order valence-electron chi connectivity index (χ4n) is 2.90. The molecule has 142 valence electrons. The average molecular weight is 368 g/mol. The van der Waals surface area contributed by atoms with E-state index >= 15 is 0 Å². The Labute approximate surface area is 158 Å². The zero-order valence-electron chi connectivity index (χ0n) is 15.7. The summed E-state index contributed by atoms with van der Waals surface area (Å²) in [6.45, 7) is 1.85. The Hall–Kier alpha value is -2.90. The molecule has 27 heavy (non-hydrogen) atoms. The van der Waals surface area contributed by atoms with Gasteiger partial charge in [-0.15, -0.1) is 0 Å². The lowest BCUT2D eigenvalue weighted by Crippen LogP contribution is -2.41. The molecule has 2 atom stereocenters. The van der Waals surface area contributed by atoms with Gasteiger partial charge in [0.1, 0.15) is 17.5 Å². The van der Waals surface area contributed by atoms with Crippen LogP contribution in [0.5, 0.6) is 11.5 Å². The molecular weight excluding hydrogens is 344 g/mol. The molecule has 1 fully saturated rings. The highest BCUT2D eigenvalue weighted by atomic mass is 16.5. The molecule has 2 aromatic rings. The molecule has 1 aliphatic rings. The molecule has 3 N–H and O–H groups in total. The van der Waals surface area contributed by atoms with Crippen molar-refractivity contribution in [2.24, 2.45) is 5.10 Å². The summed E-state index contributed by atoms with van der Waals surface area (Å²) >= 11 is 0. The molecule has 0 spiro atoms. The molecule has 0 aromatic heterocycles. The van der Waals surface area contributed by atoms with E-state index in [-0.39, 0.29) is 18.0 Å². The van der Waals surface area contributed by atoms with E-state index in [0.29, 0.717) is 6.42 Å². The largest absolute Gasteiger partial charge is 0.497 e. The maximum absolute atomic E-state index is 12.4. The molecule has 2 unspecified atom stereocenters. The van der Waals surface area contributed by atoms with Gasteiger partial charge in [0.25, 0.3) is 5.91 Å². The quantitative estimate of drug-likeness (QED) is 0.537. The summed E-state index contributed by atoms with van der Waals surface area (Å²) in [6, 6.07) is 15.0. The van der Waals surface area contributed by atoms with Gasteiger partial charge in [0, 0.05) is 6.04 Å². The van der Waals surface area contributed by atoms with Gasteiger partial charge in [-0.25, -0.2) is 16.3 Å². The van der Waals surface area contributed by atoms with E-state index in [2.05, 4.69) is 21.4 Å². The second-order valence-electron chi connectivity index (χ2n) is 6.30. The average Bonchev–Trinajstić information content (AvgIpc) is 3.22. The predicted molar refractivity (Wildman–Crippen MR) is 104 cm³/mol. The number of hydrogen-bond acceptors (Lipinski definition) is 6. The number of carbonyl (C=O) groups excluding carboxylic acids is 1. The van der Waals surface area contributed by atoms with E-state index in [1.807, 2.05) is 55.5 Å². The number of benzene rings is 2. The van der Waals surface area contributed by atoms with Crippen LogP contribution in [0.25, 0.3) is 0 Å². The molecule has 3 rings (SSSR count). The Morgan fingerprint density at radius 2 is 1.59 bits per heavy atom. The van der Waals surface area contributed by atoms with Crippen LogP contribution < -0.4 is 25.8 Å². The third-order valence-electron chi connectivity index (χ3n) is 4.58. The van der Waals surface area contributed by atoms with Crippen LogP contribution in [0, 0.1) is 0 Å². The summed E-state index contributed by atoms with van der Waals surface area (Å²) in [7, 11) is 3.26. The van der Waals surface area contributed by atoms with Crippen LogP contribution in [0.2, 0.25) is 0 Å². The number of ether oxygens (including phenoxy) is 2. The minimum atomic E-state index is -0.357. The van der Waals surface area contributed by atoms with Crippen molar-refractivity contribution in [3.05, 3.63) is 59.7 Å². The maximum atomic E-state index is 12.4. The SMILES string of the molecule is COc1ccc(/C(C)=N/NC(=O)C2CC(c3ccc(OC)cc3)NN2)cc1. The first kappa shape index (κ1) is 18.9. The molecule has 0 saturated carbocycles. The summed E-state index contributed by atoms with van der Waals surface area (Å²) in [5.41, 5.74) is 11.6. The van der Waals surface area contributed by atoms with Gasteiger partial charge >= 0.3 is 0 Å². The number of rotatable bonds is 6. The summed E-state index contributed by atoms with van der Waals surface area (Å²) in [5, 5.41) is 4.21. The topological polar surface area (TPSA) is 84.0 Å². The molecule has 7 heteroatoms. The lowest BCUT2D eigenvalue weighted by Gasteiger charge is -2.10. The number of nitrogens with one attached hydrogen (secondary N) is 3. The van der Waals surface area contributed by atoms with Crippen molar-refractivity contribution in [1.29, 1.82) is 0 Å². The molecule has 1 amide bonds. The lowest BCUT2D eigenvalue weighted by atomic mass is 10.0. The van der Waals surface area contributed by atoms with Gasteiger partial charge in [-0.05, 0) is 60.9 Å². The Bertz CT molecular complexity index is 803. The first-order valence-electron chi connectivity index (χ1n) is 8.74. The van der Waals surface area contributed by atoms with Crippen molar-refractivity contribution < 1.29 is 14.3 Å². The summed E-state index contributed by atoms with van der Waals surface area (Å²) in [6.07, 6.45) is 0.634. The van der Waals surface area contributed by atoms with Crippen LogP contribution in [-0.2, 0) is 4.79 Å². The van der Waals surface area contributed by atoms with Gasteiger partial charge in [-0.3, -0.25) is 4.79 Å². The van der Waals surface area contributed by atoms with E-state index in [1.54, 1.807) is 14.2 Å². The number of amides is 1. The van der Waals surface area contributed by atoms with Crippen LogP contribution in [0.4, 0.5) is 0 Å². The van der Waals surface area contributed by atoms with Crippen molar-refractivity contribution in [3.63, 3.8) is 0 Å². The zero-order chi connectivity index (χ0) is 19.2. The number of carbonyl (C=O) groups is 1. The first-order chi connectivity index (χ1) is 13.1. The van der Waals surface area contributed by atoms with Gasteiger partial charge in [0.05, 0.1) is 19.9 Å². The maximum Gasteiger partial charge on any atom is 0.258 e. The Morgan fingerprint density at radius 1 is 1.00 bits per heavy atom. The molecule has 1 saturated heterocycles. The smallest absolute Gasteiger partial charge is 0.258 e. The number of methoxy groups -OCH3 is 2. The normalized spacial score (nSPS) is 19.6. The highest BCUT2D eigenvalue weighted by molar-refractivity contribution is 5.99. The van der Waals surface area contributed by atoms with Gasteiger partial charge in [-0.1, -0.05) is 12.1 Å². The Balaban J connectivity index is 1.56. The fraction of sp³-hybridized carbons (Fsp3) is 0.300. The summed E-state index contributed by atoms with van der Waals surface area (Å²) < 4.78 is 10.3. The molecular formula is C20H24N4O3. The minimum Gasteiger partial charge on any atom is -0.497 e. The number of hydrogen-bond donors (Lipinski definition) is 3. The van der Waals surface area contributed by atoms with E-state index < -0.39 is 0 Å². The van der Waals surface area contributed by atoms with Gasteiger partial charge in [-0.2, -0.15) is 5.10 Å². The predicted octanol–water partition coefficient (Wildman–Crippen LogP) is 2.15. The van der Waals surface area contributed by atoms with Gasteiger partial charge in [0.15, 0.2) is 0 Å². The second kappa shape index (κ2) is 8.66.